The molecule has 1 aliphatic rings. The van der Waals surface area contributed by atoms with Gasteiger partial charge in [-0.05, 0) is 5.92 Å². The van der Waals surface area contributed by atoms with Crippen molar-refractivity contribution in [3.63, 3.8) is 0 Å². The lowest BCUT2D eigenvalue weighted by Gasteiger charge is -2.05. The van der Waals surface area contributed by atoms with Gasteiger partial charge in [0.05, 0.1) is 0 Å². The van der Waals surface area contributed by atoms with E-state index in [1.54, 1.807) is 0 Å². The number of rotatable bonds is 3. The average Bonchev–Trinajstić information content (AvgIpc) is 2.34. The van der Waals surface area contributed by atoms with Crippen molar-refractivity contribution in [2.45, 2.75) is 59.3 Å². The largest absolute Gasteiger partial charge is 0.0776 e. The fourth-order valence-corrected chi connectivity index (χ4v) is 1.79. The topological polar surface area (TPSA) is 0 Å². The first-order valence-electron chi connectivity index (χ1n) is 4.43. The van der Waals surface area contributed by atoms with E-state index in [1.807, 2.05) is 0 Å². The first-order chi connectivity index (χ1) is 4.43. The van der Waals surface area contributed by atoms with Gasteiger partial charge in [-0.25, -0.2) is 0 Å². The summed E-state index contributed by atoms with van der Waals surface area (Å²) in [6, 6.07) is 0. The van der Waals surface area contributed by atoms with E-state index in [4.69, 9.17) is 0 Å². The second-order valence-corrected chi connectivity index (χ2v) is 3.29. The van der Waals surface area contributed by atoms with Crippen molar-refractivity contribution in [3.05, 3.63) is 0 Å². The summed E-state index contributed by atoms with van der Waals surface area (Å²) in [4.78, 5) is 0. The van der Waals surface area contributed by atoms with Gasteiger partial charge in [-0.3, -0.25) is 0 Å². The van der Waals surface area contributed by atoms with Crippen molar-refractivity contribution in [2.75, 3.05) is 0 Å². The van der Waals surface area contributed by atoms with Crippen LogP contribution >= 0.6 is 0 Å². The molecule has 0 saturated heterocycles. The van der Waals surface area contributed by atoms with Crippen molar-refractivity contribution in [3.8, 4) is 0 Å². The maximum atomic E-state index is 2.29. The van der Waals surface area contributed by atoms with Gasteiger partial charge in [-0.15, -0.1) is 0 Å². The highest BCUT2D eigenvalue weighted by Crippen LogP contribution is 2.28. The fraction of sp³-hybridized carbons (Fsp3) is 1.00. The molecule has 0 aromatic heterocycles. The van der Waals surface area contributed by atoms with Crippen LogP contribution in [0.2, 0.25) is 0 Å². The molecule has 0 bridgehead atoms. The van der Waals surface area contributed by atoms with Gasteiger partial charge in [0.15, 0.2) is 0 Å². The van der Waals surface area contributed by atoms with Gasteiger partial charge in [0.25, 0.3) is 0 Å². The summed E-state index contributed by atoms with van der Waals surface area (Å²) < 4.78 is 0. The predicted octanol–water partition coefficient (Wildman–Crippen LogP) is 4.00. The van der Waals surface area contributed by atoms with E-state index in [1.165, 1.54) is 44.9 Å². The Balaban J connectivity index is 0.000000810. The highest BCUT2D eigenvalue weighted by Gasteiger charge is 2.13. The van der Waals surface area contributed by atoms with E-state index < -0.39 is 0 Å². The summed E-state index contributed by atoms with van der Waals surface area (Å²) in [6.45, 7) is 2.29. The van der Waals surface area contributed by atoms with Gasteiger partial charge in [-0.1, -0.05) is 59.3 Å². The SMILES string of the molecule is C.CCCCC1CCCC1. The maximum absolute atomic E-state index is 2.29. The Morgan fingerprint density at radius 2 is 1.80 bits per heavy atom. The van der Waals surface area contributed by atoms with Crippen molar-refractivity contribution < 1.29 is 0 Å². The third-order valence-electron chi connectivity index (χ3n) is 2.44. The molecule has 10 heavy (non-hydrogen) atoms. The average molecular weight is 142 g/mol. The van der Waals surface area contributed by atoms with Crippen LogP contribution < -0.4 is 0 Å². The maximum Gasteiger partial charge on any atom is -0.0414 e. The van der Waals surface area contributed by atoms with E-state index in [0.717, 1.165) is 5.92 Å². The van der Waals surface area contributed by atoms with Crippen molar-refractivity contribution in [1.29, 1.82) is 0 Å². The molecular weight excluding hydrogens is 120 g/mol. The number of hydrogen-bond acceptors (Lipinski definition) is 0. The standard InChI is InChI=1S/C9H18.CH4/c1-2-3-6-9-7-4-5-8-9;/h9H,2-8H2,1H3;1H4. The molecule has 1 saturated carbocycles. The van der Waals surface area contributed by atoms with Gasteiger partial charge in [0.2, 0.25) is 0 Å². The molecule has 0 aliphatic heterocycles. The normalized spacial score (nSPS) is 18.9. The zero-order chi connectivity index (χ0) is 6.53. The van der Waals surface area contributed by atoms with Crippen LogP contribution in [0.15, 0.2) is 0 Å². The third kappa shape index (κ3) is 3.24. The highest BCUT2D eigenvalue weighted by molar-refractivity contribution is 4.66. The van der Waals surface area contributed by atoms with Gasteiger partial charge in [0, 0.05) is 0 Å². The summed E-state index contributed by atoms with van der Waals surface area (Å²) in [7, 11) is 0. The van der Waals surface area contributed by atoms with Gasteiger partial charge in [0.1, 0.15) is 0 Å². The lowest BCUT2D eigenvalue weighted by atomic mass is 10.0. The van der Waals surface area contributed by atoms with Gasteiger partial charge in [-0.2, -0.15) is 0 Å². The van der Waals surface area contributed by atoms with Crippen molar-refractivity contribution >= 4 is 0 Å². The first-order valence-corrected chi connectivity index (χ1v) is 4.43. The lowest BCUT2D eigenvalue weighted by Crippen LogP contribution is -1.91. The monoisotopic (exact) mass is 142 g/mol. The van der Waals surface area contributed by atoms with Crippen LogP contribution in [0.3, 0.4) is 0 Å². The van der Waals surface area contributed by atoms with Crippen LogP contribution in [0, 0.1) is 5.92 Å². The molecule has 0 aromatic rings. The minimum Gasteiger partial charge on any atom is -0.0776 e. The molecule has 62 valence electrons. The fourth-order valence-electron chi connectivity index (χ4n) is 1.79. The zero-order valence-electron chi connectivity index (χ0n) is 6.53. The molecule has 1 rings (SSSR count). The second kappa shape index (κ2) is 5.76. The Labute approximate surface area is 66.0 Å². The van der Waals surface area contributed by atoms with Gasteiger partial charge < -0.3 is 0 Å². The molecule has 0 heterocycles. The van der Waals surface area contributed by atoms with Crippen LogP contribution in [0.4, 0.5) is 0 Å². The summed E-state index contributed by atoms with van der Waals surface area (Å²) in [5.74, 6) is 1.12. The molecule has 0 N–H and O–H groups in total. The minimum atomic E-state index is 0. The zero-order valence-corrected chi connectivity index (χ0v) is 6.53. The third-order valence-corrected chi connectivity index (χ3v) is 2.44. The van der Waals surface area contributed by atoms with Crippen LogP contribution in [-0.2, 0) is 0 Å². The molecule has 0 heteroatoms. The lowest BCUT2D eigenvalue weighted by molar-refractivity contribution is 0.480. The van der Waals surface area contributed by atoms with Crippen LogP contribution in [0.5, 0.6) is 0 Å². The van der Waals surface area contributed by atoms with E-state index >= 15 is 0 Å². The van der Waals surface area contributed by atoms with Gasteiger partial charge >= 0.3 is 0 Å². The number of hydrogen-bond donors (Lipinski definition) is 0. The Morgan fingerprint density at radius 1 is 1.20 bits per heavy atom. The summed E-state index contributed by atoms with van der Waals surface area (Å²) in [5, 5.41) is 0. The van der Waals surface area contributed by atoms with E-state index in [9.17, 15) is 0 Å². The summed E-state index contributed by atoms with van der Waals surface area (Å²) in [6.07, 6.45) is 10.4. The molecule has 0 radical (unpaired) electrons. The molecule has 0 atom stereocenters. The highest BCUT2D eigenvalue weighted by atomic mass is 14.2. The Kier molecular flexibility index (Phi) is 5.76. The molecule has 1 aliphatic carbocycles. The molecule has 0 unspecified atom stereocenters. The predicted molar refractivity (Wildman–Crippen MR) is 48.2 cm³/mol. The first kappa shape index (κ1) is 10.0. The van der Waals surface area contributed by atoms with Crippen LogP contribution in [-0.4, -0.2) is 0 Å². The summed E-state index contributed by atoms with van der Waals surface area (Å²) in [5.41, 5.74) is 0. The summed E-state index contributed by atoms with van der Waals surface area (Å²) >= 11 is 0. The van der Waals surface area contributed by atoms with E-state index in [2.05, 4.69) is 6.92 Å². The molecule has 0 nitrogen and oxygen atoms in total. The minimum absolute atomic E-state index is 0. The van der Waals surface area contributed by atoms with E-state index in [0.29, 0.717) is 0 Å². The molecule has 0 amide bonds. The van der Waals surface area contributed by atoms with Crippen LogP contribution in [0.1, 0.15) is 59.3 Å². The van der Waals surface area contributed by atoms with Crippen molar-refractivity contribution in [2.24, 2.45) is 5.92 Å². The Morgan fingerprint density at radius 3 is 2.30 bits per heavy atom. The molecule has 0 spiro atoms. The Hall–Kier alpha value is 0. The smallest absolute Gasteiger partial charge is 0.0414 e. The molecule has 0 aromatic carbocycles. The number of unbranched alkanes of at least 4 members (excludes halogenated alkanes) is 1. The molecule has 1 fully saturated rings. The second-order valence-electron chi connectivity index (χ2n) is 3.29. The van der Waals surface area contributed by atoms with Crippen molar-refractivity contribution in [1.82, 2.24) is 0 Å². The van der Waals surface area contributed by atoms with Crippen LogP contribution in [0.25, 0.3) is 0 Å². The molecular formula is C10H22. The quantitative estimate of drug-likeness (QED) is 0.558. The Bertz CT molecular complexity index is 60.4. The van der Waals surface area contributed by atoms with E-state index in [-0.39, 0.29) is 7.43 Å².